The van der Waals surface area contributed by atoms with Gasteiger partial charge >= 0.3 is 0 Å². The van der Waals surface area contributed by atoms with Crippen molar-refractivity contribution < 1.29 is 4.21 Å². The summed E-state index contributed by atoms with van der Waals surface area (Å²) in [5, 5.41) is 16.1. The molecule has 0 saturated heterocycles. The normalized spacial score (nSPS) is 17.1. The molecule has 0 unspecified atom stereocenters. The standard InChI is InChI=1S/C27H32N8OS/c1-17(2)35-15-19-8-5-7-18-11-22(12-20(16-35)25(18)19)30-27-29-14-21(13-28)26(33-27)32-23-9-6-10-24(31-23)34-37(3,4)36/h6,9-12,14,17,19H,5,7-8,15-16H2,1-4H3,(H2,29,30,31,32,33)/t19-/m1/s1. The largest absolute Gasteiger partial charge is 0.324 e. The van der Waals surface area contributed by atoms with Crippen LogP contribution in [0.15, 0.2) is 40.9 Å². The molecule has 2 aromatic heterocycles. The Bertz CT molecular complexity index is 1490. The molecule has 10 heteroatoms. The van der Waals surface area contributed by atoms with E-state index in [4.69, 9.17) is 0 Å². The van der Waals surface area contributed by atoms with Gasteiger partial charge in [-0.25, -0.2) is 14.2 Å². The number of nitriles is 1. The van der Waals surface area contributed by atoms with Gasteiger partial charge in [0.25, 0.3) is 0 Å². The Hall–Kier alpha value is -3.55. The third-order valence-electron chi connectivity index (χ3n) is 6.78. The summed E-state index contributed by atoms with van der Waals surface area (Å²) in [7, 11) is -2.35. The summed E-state index contributed by atoms with van der Waals surface area (Å²) < 4.78 is 16.2. The minimum absolute atomic E-state index is 0.292. The molecular weight excluding hydrogens is 484 g/mol. The van der Waals surface area contributed by atoms with Crippen LogP contribution in [0.1, 0.15) is 54.9 Å². The molecule has 192 valence electrons. The van der Waals surface area contributed by atoms with Crippen LogP contribution < -0.4 is 10.6 Å². The number of rotatable bonds is 6. The fourth-order valence-electron chi connectivity index (χ4n) is 5.18. The lowest BCUT2D eigenvalue weighted by Gasteiger charge is -2.40. The maximum atomic E-state index is 12.1. The van der Waals surface area contributed by atoms with Gasteiger partial charge in [-0.05, 0) is 80.0 Å². The summed E-state index contributed by atoms with van der Waals surface area (Å²) in [6.07, 6.45) is 8.15. The zero-order valence-corrected chi connectivity index (χ0v) is 22.5. The van der Waals surface area contributed by atoms with Crippen molar-refractivity contribution in [3.63, 3.8) is 0 Å². The summed E-state index contributed by atoms with van der Waals surface area (Å²) in [6, 6.07) is 12.3. The van der Waals surface area contributed by atoms with Gasteiger partial charge in [-0.15, -0.1) is 0 Å². The first-order valence-electron chi connectivity index (χ1n) is 12.5. The van der Waals surface area contributed by atoms with E-state index in [9.17, 15) is 9.47 Å². The summed E-state index contributed by atoms with van der Waals surface area (Å²) >= 11 is 0. The summed E-state index contributed by atoms with van der Waals surface area (Å²) in [5.74, 6) is 2.13. The van der Waals surface area contributed by atoms with Gasteiger partial charge in [0.2, 0.25) is 5.95 Å². The van der Waals surface area contributed by atoms with Crippen LogP contribution >= 0.6 is 0 Å². The highest BCUT2D eigenvalue weighted by molar-refractivity contribution is 7.92. The van der Waals surface area contributed by atoms with E-state index in [1.54, 1.807) is 30.7 Å². The van der Waals surface area contributed by atoms with E-state index in [0.717, 1.165) is 25.2 Å². The predicted octanol–water partition coefficient (Wildman–Crippen LogP) is 5.23. The van der Waals surface area contributed by atoms with Gasteiger partial charge in [-0.2, -0.15) is 14.6 Å². The minimum atomic E-state index is -2.35. The summed E-state index contributed by atoms with van der Waals surface area (Å²) in [5.41, 5.74) is 5.58. The SMILES string of the molecule is CC(C)N1Cc2cc(Nc3ncc(C#N)c(Nc4cccc(N=S(C)(C)=O)n4)n3)cc3c2[C@H](CCC3)C1. The number of aryl methyl sites for hydroxylation is 1. The molecule has 0 radical (unpaired) electrons. The lowest BCUT2D eigenvalue weighted by atomic mass is 9.77. The molecule has 1 aromatic carbocycles. The minimum Gasteiger partial charge on any atom is -0.324 e. The molecular formula is C27H32N8OS. The van der Waals surface area contributed by atoms with Crippen molar-refractivity contribution in [2.24, 2.45) is 4.36 Å². The summed E-state index contributed by atoms with van der Waals surface area (Å²) in [6.45, 7) is 6.60. The first-order valence-corrected chi connectivity index (χ1v) is 14.9. The Morgan fingerprint density at radius 3 is 2.76 bits per heavy atom. The van der Waals surface area contributed by atoms with Crippen LogP contribution in [-0.2, 0) is 22.7 Å². The highest BCUT2D eigenvalue weighted by Crippen LogP contribution is 2.41. The number of hydrogen-bond donors (Lipinski definition) is 2. The zero-order valence-electron chi connectivity index (χ0n) is 21.7. The van der Waals surface area contributed by atoms with E-state index in [2.05, 4.69) is 66.9 Å². The maximum Gasteiger partial charge on any atom is 0.229 e. The second-order valence-corrected chi connectivity index (χ2v) is 12.8. The third-order valence-corrected chi connectivity index (χ3v) is 7.40. The van der Waals surface area contributed by atoms with Gasteiger partial charge in [0.15, 0.2) is 11.6 Å². The lowest BCUT2D eigenvalue weighted by molar-refractivity contribution is 0.176. The lowest BCUT2D eigenvalue weighted by Crippen LogP contribution is -2.39. The monoisotopic (exact) mass is 516 g/mol. The van der Waals surface area contributed by atoms with Crippen LogP contribution in [0.5, 0.6) is 0 Å². The van der Waals surface area contributed by atoms with Crippen molar-refractivity contribution in [1.82, 2.24) is 19.9 Å². The zero-order chi connectivity index (χ0) is 26.2. The molecule has 0 bridgehead atoms. The molecule has 5 rings (SSSR count). The fourth-order valence-corrected chi connectivity index (χ4v) is 5.73. The smallest absolute Gasteiger partial charge is 0.229 e. The highest BCUT2D eigenvalue weighted by Gasteiger charge is 2.31. The van der Waals surface area contributed by atoms with Crippen molar-refractivity contribution in [2.45, 2.75) is 51.6 Å². The predicted molar refractivity (Wildman–Crippen MR) is 147 cm³/mol. The molecule has 9 nitrogen and oxygen atoms in total. The molecule has 0 fully saturated rings. The topological polar surface area (TPSA) is 119 Å². The van der Waals surface area contributed by atoms with E-state index >= 15 is 0 Å². The molecule has 0 amide bonds. The van der Waals surface area contributed by atoms with Crippen molar-refractivity contribution in [2.75, 3.05) is 29.7 Å². The molecule has 3 aromatic rings. The number of aromatic nitrogens is 3. The third kappa shape index (κ3) is 5.73. The number of nitrogens with zero attached hydrogens (tertiary/aromatic N) is 6. The van der Waals surface area contributed by atoms with Crippen molar-refractivity contribution >= 4 is 38.8 Å². The molecule has 1 aliphatic carbocycles. The van der Waals surface area contributed by atoms with Crippen LogP contribution in [0.25, 0.3) is 0 Å². The van der Waals surface area contributed by atoms with Gasteiger partial charge in [-0.1, -0.05) is 6.07 Å². The molecule has 37 heavy (non-hydrogen) atoms. The number of benzene rings is 1. The van der Waals surface area contributed by atoms with Crippen LogP contribution in [0.3, 0.4) is 0 Å². The molecule has 1 aliphatic heterocycles. The molecule has 1 atom stereocenters. The number of nitrogens with one attached hydrogen (secondary N) is 2. The average Bonchev–Trinajstić information content (AvgIpc) is 2.83. The highest BCUT2D eigenvalue weighted by atomic mass is 32.2. The fraction of sp³-hybridized carbons (Fsp3) is 0.407. The van der Waals surface area contributed by atoms with Crippen LogP contribution in [0.4, 0.5) is 29.1 Å². The molecule has 3 heterocycles. The van der Waals surface area contributed by atoms with E-state index < -0.39 is 9.73 Å². The number of pyridine rings is 1. The summed E-state index contributed by atoms with van der Waals surface area (Å²) in [4.78, 5) is 15.9. The Morgan fingerprint density at radius 1 is 1.19 bits per heavy atom. The van der Waals surface area contributed by atoms with E-state index in [1.165, 1.54) is 35.7 Å². The van der Waals surface area contributed by atoms with Crippen molar-refractivity contribution in [3.05, 3.63) is 58.8 Å². The van der Waals surface area contributed by atoms with Crippen molar-refractivity contribution in [3.8, 4) is 6.07 Å². The maximum absolute atomic E-state index is 12.1. The van der Waals surface area contributed by atoms with Gasteiger partial charge < -0.3 is 10.6 Å². The van der Waals surface area contributed by atoms with Crippen LogP contribution in [0, 0.1) is 11.3 Å². The quantitative estimate of drug-likeness (QED) is 0.457. The Morgan fingerprint density at radius 2 is 2.00 bits per heavy atom. The Kier molecular flexibility index (Phi) is 6.84. The van der Waals surface area contributed by atoms with Gasteiger partial charge in [-0.3, -0.25) is 4.90 Å². The number of hydrogen-bond acceptors (Lipinski definition) is 9. The molecule has 0 saturated carbocycles. The van der Waals surface area contributed by atoms with Crippen LogP contribution in [-0.4, -0.2) is 49.2 Å². The molecule has 0 spiro atoms. The first kappa shape index (κ1) is 25.1. The molecule has 2 aliphatic rings. The van der Waals surface area contributed by atoms with Crippen molar-refractivity contribution in [1.29, 1.82) is 5.26 Å². The van der Waals surface area contributed by atoms with Gasteiger partial charge in [0.1, 0.15) is 17.5 Å². The van der Waals surface area contributed by atoms with Gasteiger partial charge in [0.05, 0.1) is 6.20 Å². The average molecular weight is 517 g/mol. The van der Waals surface area contributed by atoms with E-state index in [0.29, 0.717) is 40.9 Å². The number of anilines is 4. The second kappa shape index (κ2) is 10.1. The Balaban J connectivity index is 1.44. The van der Waals surface area contributed by atoms with Crippen LogP contribution in [0.2, 0.25) is 0 Å². The Labute approximate surface area is 218 Å². The van der Waals surface area contributed by atoms with Gasteiger partial charge in [0, 0.05) is 47.1 Å². The van der Waals surface area contributed by atoms with E-state index in [-0.39, 0.29) is 0 Å². The molecule has 2 N–H and O–H groups in total. The second-order valence-electron chi connectivity index (χ2n) is 10.3. The first-order chi connectivity index (χ1) is 17.7. The van der Waals surface area contributed by atoms with E-state index in [1.807, 2.05) is 0 Å².